The summed E-state index contributed by atoms with van der Waals surface area (Å²) in [5, 5.41) is 8.90. The van der Waals surface area contributed by atoms with Gasteiger partial charge in [0.15, 0.2) is 11.5 Å². The first kappa shape index (κ1) is 8.85. The molecule has 3 rings (SSSR count). The van der Waals surface area contributed by atoms with E-state index in [9.17, 15) is 4.39 Å². The van der Waals surface area contributed by atoms with Crippen LogP contribution in [0, 0.1) is 5.82 Å². The molecule has 0 atom stereocenters. The molecule has 0 spiro atoms. The number of hydrogen-bond acceptors (Lipinski definition) is 3. The van der Waals surface area contributed by atoms with Gasteiger partial charge in [-0.2, -0.15) is 0 Å². The molecule has 0 bridgehead atoms. The zero-order valence-electron chi connectivity index (χ0n) is 8.03. The molecule has 1 heterocycles. The summed E-state index contributed by atoms with van der Waals surface area (Å²) in [6.45, 7) is -0.318. The summed E-state index contributed by atoms with van der Waals surface area (Å²) < 4.78 is 18.8. The Labute approximate surface area is 85.5 Å². The maximum Gasteiger partial charge on any atom is 0.198 e. The Bertz CT molecular complexity index is 517. The molecule has 0 amide bonds. The summed E-state index contributed by atoms with van der Waals surface area (Å²) >= 11 is 0. The van der Waals surface area contributed by atoms with Crippen molar-refractivity contribution in [3.63, 3.8) is 0 Å². The molecule has 4 heteroatoms. The van der Waals surface area contributed by atoms with Gasteiger partial charge in [0, 0.05) is 17.5 Å². The van der Waals surface area contributed by atoms with E-state index in [1.54, 1.807) is 0 Å². The summed E-state index contributed by atoms with van der Waals surface area (Å²) in [6.07, 6.45) is 2.20. The van der Waals surface area contributed by atoms with Gasteiger partial charge < -0.3 is 9.52 Å². The number of rotatable bonds is 2. The highest BCUT2D eigenvalue weighted by atomic mass is 19.1. The number of aliphatic hydroxyl groups excluding tert-OH is 1. The van der Waals surface area contributed by atoms with Crippen molar-refractivity contribution >= 4 is 11.1 Å². The van der Waals surface area contributed by atoms with Gasteiger partial charge in [-0.25, -0.2) is 9.37 Å². The predicted molar refractivity (Wildman–Crippen MR) is 51.9 cm³/mol. The van der Waals surface area contributed by atoms with E-state index in [1.807, 2.05) is 0 Å². The van der Waals surface area contributed by atoms with E-state index in [4.69, 9.17) is 9.52 Å². The molecular formula is C11H10FNO2. The average Bonchev–Trinajstić information content (AvgIpc) is 2.99. The van der Waals surface area contributed by atoms with E-state index >= 15 is 0 Å². The van der Waals surface area contributed by atoms with Crippen molar-refractivity contribution in [1.29, 1.82) is 0 Å². The maximum absolute atomic E-state index is 13.3. The quantitative estimate of drug-likeness (QED) is 0.822. The first-order valence-electron chi connectivity index (χ1n) is 4.97. The van der Waals surface area contributed by atoms with Crippen molar-refractivity contribution in [3.05, 3.63) is 29.4 Å². The Morgan fingerprint density at radius 2 is 2.27 bits per heavy atom. The predicted octanol–water partition coefficient (Wildman–Crippen LogP) is 2.34. The Morgan fingerprint density at radius 3 is 2.93 bits per heavy atom. The monoisotopic (exact) mass is 207 g/mol. The second-order valence-electron chi connectivity index (χ2n) is 3.90. The molecule has 0 saturated heterocycles. The summed E-state index contributed by atoms with van der Waals surface area (Å²) in [4.78, 5) is 4.22. The third-order valence-corrected chi connectivity index (χ3v) is 2.67. The molecular weight excluding hydrogens is 197 g/mol. The average molecular weight is 207 g/mol. The largest absolute Gasteiger partial charge is 0.440 e. The Kier molecular flexibility index (Phi) is 1.79. The molecule has 1 aliphatic carbocycles. The van der Waals surface area contributed by atoms with Crippen molar-refractivity contribution in [2.45, 2.75) is 25.4 Å². The van der Waals surface area contributed by atoms with E-state index < -0.39 is 5.82 Å². The first-order chi connectivity index (χ1) is 7.28. The fourth-order valence-electron chi connectivity index (χ4n) is 1.63. The summed E-state index contributed by atoms with van der Waals surface area (Å²) in [7, 11) is 0. The van der Waals surface area contributed by atoms with Crippen LogP contribution in [-0.2, 0) is 6.61 Å². The van der Waals surface area contributed by atoms with E-state index in [-0.39, 0.29) is 12.2 Å². The molecule has 15 heavy (non-hydrogen) atoms. The number of nitrogens with zero attached hydrogens (tertiary/aromatic N) is 1. The zero-order chi connectivity index (χ0) is 10.4. The number of hydrogen-bond donors (Lipinski definition) is 1. The number of fused-ring (bicyclic) bond motifs is 1. The van der Waals surface area contributed by atoms with Crippen LogP contribution in [0.15, 0.2) is 16.5 Å². The molecule has 3 nitrogen and oxygen atoms in total. The van der Waals surface area contributed by atoms with Gasteiger partial charge in [-0.05, 0) is 18.9 Å². The summed E-state index contributed by atoms with van der Waals surface area (Å²) in [5.41, 5.74) is 1.34. The lowest BCUT2D eigenvalue weighted by Crippen LogP contribution is -1.88. The molecule has 1 aromatic carbocycles. The lowest BCUT2D eigenvalue weighted by atomic mass is 10.2. The molecule has 78 valence electrons. The second kappa shape index (κ2) is 3.03. The van der Waals surface area contributed by atoms with Crippen molar-refractivity contribution in [1.82, 2.24) is 4.98 Å². The number of aromatic nitrogens is 1. The van der Waals surface area contributed by atoms with Gasteiger partial charge in [-0.1, -0.05) is 0 Å². The lowest BCUT2D eigenvalue weighted by Gasteiger charge is -1.96. The van der Waals surface area contributed by atoms with Crippen LogP contribution in [0.25, 0.3) is 11.1 Å². The lowest BCUT2D eigenvalue weighted by molar-refractivity contribution is 0.276. The van der Waals surface area contributed by atoms with E-state index in [1.165, 1.54) is 12.1 Å². The van der Waals surface area contributed by atoms with Crippen LogP contribution in [0.3, 0.4) is 0 Å². The number of halogens is 1. The Balaban J connectivity index is 2.16. The topological polar surface area (TPSA) is 46.3 Å². The molecule has 0 unspecified atom stereocenters. The first-order valence-corrected chi connectivity index (χ1v) is 4.97. The minimum atomic E-state index is -0.430. The molecule has 0 radical (unpaired) electrons. The van der Waals surface area contributed by atoms with Gasteiger partial charge in [0.05, 0.1) is 6.61 Å². The van der Waals surface area contributed by atoms with Crippen molar-refractivity contribution in [2.24, 2.45) is 0 Å². The van der Waals surface area contributed by atoms with Gasteiger partial charge >= 0.3 is 0 Å². The van der Waals surface area contributed by atoms with Gasteiger partial charge in [0.25, 0.3) is 0 Å². The summed E-state index contributed by atoms with van der Waals surface area (Å²) in [5.74, 6) is 0.679. The van der Waals surface area contributed by atoms with Crippen LogP contribution in [0.1, 0.15) is 30.2 Å². The van der Waals surface area contributed by atoms with Gasteiger partial charge in [-0.3, -0.25) is 0 Å². The fourth-order valence-corrected chi connectivity index (χ4v) is 1.63. The number of benzene rings is 1. The van der Waals surface area contributed by atoms with Gasteiger partial charge in [-0.15, -0.1) is 0 Å². The Morgan fingerprint density at radius 1 is 1.47 bits per heavy atom. The molecule has 1 saturated carbocycles. The summed E-state index contributed by atoms with van der Waals surface area (Å²) in [6, 6.07) is 2.83. The maximum atomic E-state index is 13.3. The standard InChI is InChI=1S/C11H10FNO2/c12-8-4-9-10(3-7(8)5-14)15-11(13-9)6-1-2-6/h3-4,6,14H,1-2,5H2. The van der Waals surface area contributed by atoms with Crippen molar-refractivity contribution in [2.75, 3.05) is 0 Å². The fraction of sp³-hybridized carbons (Fsp3) is 0.364. The smallest absolute Gasteiger partial charge is 0.198 e. The molecule has 0 aliphatic heterocycles. The minimum absolute atomic E-state index is 0.251. The second-order valence-corrected chi connectivity index (χ2v) is 3.90. The molecule has 1 aliphatic rings. The van der Waals surface area contributed by atoms with Crippen molar-refractivity contribution in [3.8, 4) is 0 Å². The third kappa shape index (κ3) is 1.41. The highest BCUT2D eigenvalue weighted by molar-refractivity contribution is 5.73. The van der Waals surface area contributed by atoms with Crippen molar-refractivity contribution < 1.29 is 13.9 Å². The molecule has 1 fully saturated rings. The van der Waals surface area contributed by atoms with Crippen LogP contribution >= 0.6 is 0 Å². The third-order valence-electron chi connectivity index (χ3n) is 2.67. The Hall–Kier alpha value is -1.42. The van der Waals surface area contributed by atoms with E-state index in [0.717, 1.165) is 12.8 Å². The molecule has 1 N–H and O–H groups in total. The van der Waals surface area contributed by atoms with Crippen LogP contribution in [0.5, 0.6) is 0 Å². The number of aliphatic hydroxyl groups is 1. The highest BCUT2D eigenvalue weighted by Crippen LogP contribution is 2.40. The van der Waals surface area contributed by atoms with Gasteiger partial charge in [0.1, 0.15) is 11.3 Å². The number of oxazole rings is 1. The van der Waals surface area contributed by atoms with Gasteiger partial charge in [0.2, 0.25) is 0 Å². The highest BCUT2D eigenvalue weighted by Gasteiger charge is 2.29. The SMILES string of the molecule is OCc1cc2oc(C3CC3)nc2cc1F. The van der Waals surface area contributed by atoms with Crippen LogP contribution in [0.4, 0.5) is 4.39 Å². The molecule has 2 aromatic rings. The molecule has 1 aromatic heterocycles. The minimum Gasteiger partial charge on any atom is -0.440 e. The van der Waals surface area contributed by atoms with Crippen LogP contribution < -0.4 is 0 Å². The zero-order valence-corrected chi connectivity index (χ0v) is 8.03. The van der Waals surface area contributed by atoms with Crippen LogP contribution in [0.2, 0.25) is 0 Å². The normalized spacial score (nSPS) is 16.1. The van der Waals surface area contributed by atoms with E-state index in [0.29, 0.717) is 22.9 Å². The van der Waals surface area contributed by atoms with E-state index in [2.05, 4.69) is 4.98 Å². The van der Waals surface area contributed by atoms with Crippen LogP contribution in [-0.4, -0.2) is 10.1 Å².